The first kappa shape index (κ1) is 31.0. The van der Waals surface area contributed by atoms with Gasteiger partial charge in [0, 0.05) is 6.61 Å². The summed E-state index contributed by atoms with van der Waals surface area (Å²) in [5.74, 6) is 0. The molecule has 188 valence electrons. The van der Waals surface area contributed by atoms with Gasteiger partial charge in [-0.1, -0.05) is 162 Å². The highest BCUT2D eigenvalue weighted by Crippen LogP contribution is 2.18. The summed E-state index contributed by atoms with van der Waals surface area (Å²) in [4.78, 5) is 0. The normalized spacial score (nSPS) is 11.6. The molecule has 0 unspecified atom stereocenters. The van der Waals surface area contributed by atoms with Crippen LogP contribution in [0.25, 0.3) is 0 Å². The Balaban J connectivity index is 3.79. The molecule has 0 aromatic rings. The van der Waals surface area contributed by atoms with Gasteiger partial charge in [0.05, 0.1) is 6.10 Å². The molecule has 31 heavy (non-hydrogen) atoms. The highest BCUT2D eigenvalue weighted by Gasteiger charge is 2.09. The first-order chi connectivity index (χ1) is 15.3. The largest absolute Gasteiger partial charge is 0.378 e. The van der Waals surface area contributed by atoms with Crippen LogP contribution >= 0.6 is 0 Å². The minimum Gasteiger partial charge on any atom is -0.378 e. The van der Waals surface area contributed by atoms with Gasteiger partial charge in [0.15, 0.2) is 0 Å². The fourth-order valence-corrected chi connectivity index (χ4v) is 4.63. The third-order valence-electron chi connectivity index (χ3n) is 6.86. The molecule has 0 aliphatic rings. The molecule has 0 heterocycles. The van der Waals surface area contributed by atoms with Crippen molar-refractivity contribution >= 4 is 0 Å². The molecule has 1 nitrogen and oxygen atoms in total. The van der Waals surface area contributed by atoms with Gasteiger partial charge in [-0.3, -0.25) is 0 Å². The zero-order valence-corrected chi connectivity index (χ0v) is 22.4. The molecule has 0 aromatic heterocycles. The SMILES string of the molecule is CCCCCCCCCCCOC(CCCCCCCCC)CCCCCCCCC. The third kappa shape index (κ3) is 26.1. The van der Waals surface area contributed by atoms with Crippen molar-refractivity contribution in [2.75, 3.05) is 6.61 Å². The quantitative estimate of drug-likeness (QED) is 0.116. The molecular weight excluding hydrogens is 376 g/mol. The number of hydrogen-bond donors (Lipinski definition) is 0. The topological polar surface area (TPSA) is 9.23 Å². The molecule has 0 aromatic carbocycles. The van der Waals surface area contributed by atoms with E-state index >= 15 is 0 Å². The molecule has 0 fully saturated rings. The average molecular weight is 439 g/mol. The Bertz CT molecular complexity index is 283. The molecule has 0 spiro atoms. The molecule has 0 saturated carbocycles. The molecule has 0 bridgehead atoms. The van der Waals surface area contributed by atoms with Gasteiger partial charge in [-0.25, -0.2) is 0 Å². The fourth-order valence-electron chi connectivity index (χ4n) is 4.63. The van der Waals surface area contributed by atoms with Crippen LogP contribution in [0, 0.1) is 0 Å². The minimum atomic E-state index is 0.542. The van der Waals surface area contributed by atoms with Crippen molar-refractivity contribution in [2.45, 2.75) is 187 Å². The van der Waals surface area contributed by atoms with E-state index in [-0.39, 0.29) is 0 Å². The van der Waals surface area contributed by atoms with Gasteiger partial charge in [-0.2, -0.15) is 0 Å². The lowest BCUT2D eigenvalue weighted by atomic mass is 10.0. The number of unbranched alkanes of at least 4 members (excludes halogenated alkanes) is 20. The second-order valence-corrected chi connectivity index (χ2v) is 10.1. The van der Waals surface area contributed by atoms with E-state index < -0.39 is 0 Å². The Morgan fingerprint density at radius 3 is 1.00 bits per heavy atom. The average Bonchev–Trinajstić information content (AvgIpc) is 2.78. The minimum absolute atomic E-state index is 0.542. The molecule has 0 rings (SSSR count). The number of hydrogen-bond acceptors (Lipinski definition) is 1. The number of rotatable bonds is 27. The summed E-state index contributed by atoms with van der Waals surface area (Å²) in [6.45, 7) is 7.92. The smallest absolute Gasteiger partial charge is 0.0575 e. The molecule has 1 heteroatoms. The van der Waals surface area contributed by atoms with E-state index in [4.69, 9.17) is 4.74 Å². The highest BCUT2D eigenvalue weighted by molar-refractivity contribution is 4.61. The maximum Gasteiger partial charge on any atom is 0.0575 e. The van der Waals surface area contributed by atoms with Gasteiger partial charge in [0.2, 0.25) is 0 Å². The predicted molar refractivity (Wildman–Crippen MR) is 142 cm³/mol. The van der Waals surface area contributed by atoms with Crippen LogP contribution in [0.15, 0.2) is 0 Å². The summed E-state index contributed by atoms with van der Waals surface area (Å²) >= 11 is 0. The molecule has 0 amide bonds. The van der Waals surface area contributed by atoms with E-state index in [1.165, 1.54) is 161 Å². The van der Waals surface area contributed by atoms with Gasteiger partial charge in [0.25, 0.3) is 0 Å². The Hall–Kier alpha value is -0.0400. The monoisotopic (exact) mass is 438 g/mol. The summed E-state index contributed by atoms with van der Waals surface area (Å²) < 4.78 is 6.39. The Morgan fingerprint density at radius 2 is 0.645 bits per heavy atom. The van der Waals surface area contributed by atoms with Crippen LogP contribution in [0.2, 0.25) is 0 Å². The Morgan fingerprint density at radius 1 is 0.355 bits per heavy atom. The summed E-state index contributed by atoms with van der Waals surface area (Å²) in [5.41, 5.74) is 0. The van der Waals surface area contributed by atoms with Gasteiger partial charge >= 0.3 is 0 Å². The molecule has 0 aliphatic heterocycles. The van der Waals surface area contributed by atoms with E-state index in [0.29, 0.717) is 6.10 Å². The van der Waals surface area contributed by atoms with E-state index in [2.05, 4.69) is 20.8 Å². The van der Waals surface area contributed by atoms with Gasteiger partial charge in [0.1, 0.15) is 0 Å². The first-order valence-electron chi connectivity index (χ1n) is 15.0. The van der Waals surface area contributed by atoms with Crippen LogP contribution < -0.4 is 0 Å². The van der Waals surface area contributed by atoms with Gasteiger partial charge < -0.3 is 4.74 Å². The van der Waals surface area contributed by atoms with Crippen molar-refractivity contribution in [2.24, 2.45) is 0 Å². The second-order valence-electron chi connectivity index (χ2n) is 10.1. The van der Waals surface area contributed by atoms with Crippen LogP contribution in [0.5, 0.6) is 0 Å². The maximum absolute atomic E-state index is 6.39. The number of ether oxygens (including phenoxy) is 1. The van der Waals surface area contributed by atoms with Crippen molar-refractivity contribution in [1.82, 2.24) is 0 Å². The predicted octanol–water partition coefficient (Wildman–Crippen LogP) is 11.2. The Labute approximate surface area is 198 Å². The molecule has 0 atom stereocenters. The first-order valence-corrected chi connectivity index (χ1v) is 15.0. The molecule has 0 aliphatic carbocycles. The van der Waals surface area contributed by atoms with Crippen molar-refractivity contribution in [3.8, 4) is 0 Å². The maximum atomic E-state index is 6.39. The van der Waals surface area contributed by atoms with Crippen LogP contribution in [0.4, 0.5) is 0 Å². The summed E-state index contributed by atoms with van der Waals surface area (Å²) in [6.07, 6.45) is 35.5. The van der Waals surface area contributed by atoms with E-state index in [0.717, 1.165) is 6.61 Å². The lowest BCUT2D eigenvalue weighted by Crippen LogP contribution is -2.14. The zero-order chi connectivity index (χ0) is 22.7. The van der Waals surface area contributed by atoms with Crippen molar-refractivity contribution in [3.05, 3.63) is 0 Å². The zero-order valence-electron chi connectivity index (χ0n) is 22.4. The lowest BCUT2D eigenvalue weighted by Gasteiger charge is -2.18. The van der Waals surface area contributed by atoms with Crippen LogP contribution in [0.3, 0.4) is 0 Å². The van der Waals surface area contributed by atoms with Gasteiger partial charge in [-0.05, 0) is 19.3 Å². The van der Waals surface area contributed by atoms with Crippen molar-refractivity contribution in [1.29, 1.82) is 0 Å². The highest BCUT2D eigenvalue weighted by atomic mass is 16.5. The van der Waals surface area contributed by atoms with E-state index in [9.17, 15) is 0 Å². The lowest BCUT2D eigenvalue weighted by molar-refractivity contribution is 0.0357. The molecular formula is C30H62O. The summed E-state index contributed by atoms with van der Waals surface area (Å²) in [7, 11) is 0. The standard InChI is InChI=1S/C30H62O/c1-4-7-10-13-16-17-20-23-26-29-31-30(27-24-21-18-14-11-8-5-2)28-25-22-19-15-12-9-6-3/h30H,4-29H2,1-3H3. The van der Waals surface area contributed by atoms with Crippen molar-refractivity contribution < 1.29 is 4.74 Å². The fraction of sp³-hybridized carbons (Fsp3) is 1.00. The van der Waals surface area contributed by atoms with Crippen molar-refractivity contribution in [3.63, 3.8) is 0 Å². The second kappa shape index (κ2) is 28.0. The summed E-state index contributed by atoms with van der Waals surface area (Å²) in [5, 5.41) is 0. The van der Waals surface area contributed by atoms with Crippen LogP contribution in [0.1, 0.15) is 181 Å². The van der Waals surface area contributed by atoms with E-state index in [1.54, 1.807) is 0 Å². The molecule has 0 N–H and O–H groups in total. The van der Waals surface area contributed by atoms with Crippen LogP contribution in [-0.4, -0.2) is 12.7 Å². The Kier molecular flexibility index (Phi) is 28.0. The van der Waals surface area contributed by atoms with E-state index in [1.807, 2.05) is 0 Å². The molecule has 0 saturated heterocycles. The molecule has 0 radical (unpaired) electrons. The van der Waals surface area contributed by atoms with Gasteiger partial charge in [-0.15, -0.1) is 0 Å². The summed E-state index contributed by atoms with van der Waals surface area (Å²) in [6, 6.07) is 0. The third-order valence-corrected chi connectivity index (χ3v) is 6.86. The van der Waals surface area contributed by atoms with Crippen LogP contribution in [-0.2, 0) is 4.74 Å².